The Bertz CT molecular complexity index is 524. The van der Waals surface area contributed by atoms with Crippen LogP contribution in [0.5, 0.6) is 0 Å². The van der Waals surface area contributed by atoms with E-state index in [1.807, 2.05) is 0 Å². The SMILES string of the molecule is CC(C)CCN(CC(=O)c1cccc([N+](=O)[O-])c1)C1CC1. The van der Waals surface area contributed by atoms with Gasteiger partial charge in [0.15, 0.2) is 5.78 Å². The van der Waals surface area contributed by atoms with Crippen LogP contribution in [0, 0.1) is 16.0 Å². The van der Waals surface area contributed by atoms with E-state index in [-0.39, 0.29) is 11.5 Å². The van der Waals surface area contributed by atoms with Gasteiger partial charge in [0, 0.05) is 23.7 Å². The summed E-state index contributed by atoms with van der Waals surface area (Å²) in [4.78, 5) is 24.9. The van der Waals surface area contributed by atoms with Crippen LogP contribution in [0.15, 0.2) is 24.3 Å². The van der Waals surface area contributed by atoms with E-state index in [4.69, 9.17) is 0 Å². The van der Waals surface area contributed by atoms with Crippen molar-refractivity contribution < 1.29 is 9.72 Å². The van der Waals surface area contributed by atoms with Crippen LogP contribution < -0.4 is 0 Å². The van der Waals surface area contributed by atoms with E-state index < -0.39 is 4.92 Å². The summed E-state index contributed by atoms with van der Waals surface area (Å²) in [6, 6.07) is 6.53. The fourth-order valence-electron chi connectivity index (χ4n) is 2.32. The Morgan fingerprint density at radius 3 is 2.71 bits per heavy atom. The largest absolute Gasteiger partial charge is 0.293 e. The summed E-state index contributed by atoms with van der Waals surface area (Å²) in [6.07, 6.45) is 3.37. The van der Waals surface area contributed by atoms with E-state index in [1.54, 1.807) is 12.1 Å². The quantitative estimate of drug-likeness (QED) is 0.418. The summed E-state index contributed by atoms with van der Waals surface area (Å²) < 4.78 is 0. The molecule has 5 nitrogen and oxygen atoms in total. The van der Waals surface area contributed by atoms with Crippen LogP contribution in [-0.4, -0.2) is 34.7 Å². The second kappa shape index (κ2) is 6.80. The highest BCUT2D eigenvalue weighted by Crippen LogP contribution is 2.27. The molecule has 0 heterocycles. The summed E-state index contributed by atoms with van der Waals surface area (Å²) in [7, 11) is 0. The highest BCUT2D eigenvalue weighted by atomic mass is 16.6. The van der Waals surface area contributed by atoms with Gasteiger partial charge in [0.25, 0.3) is 5.69 Å². The highest BCUT2D eigenvalue weighted by Gasteiger charge is 2.30. The third-order valence-electron chi connectivity index (χ3n) is 3.78. The first kappa shape index (κ1) is 15.6. The second-order valence-corrected chi connectivity index (χ2v) is 6.11. The zero-order chi connectivity index (χ0) is 15.4. The number of nitro groups is 1. The van der Waals surface area contributed by atoms with Crippen LogP contribution in [0.25, 0.3) is 0 Å². The lowest BCUT2D eigenvalue weighted by Gasteiger charge is -2.22. The van der Waals surface area contributed by atoms with Gasteiger partial charge in [0.05, 0.1) is 11.5 Å². The van der Waals surface area contributed by atoms with Gasteiger partial charge < -0.3 is 0 Å². The molecule has 5 heteroatoms. The number of non-ortho nitro benzene ring substituents is 1. The predicted molar refractivity (Wildman–Crippen MR) is 81.5 cm³/mol. The smallest absolute Gasteiger partial charge is 0.270 e. The van der Waals surface area contributed by atoms with E-state index in [0.717, 1.165) is 25.8 Å². The number of hydrogen-bond acceptors (Lipinski definition) is 4. The third-order valence-corrected chi connectivity index (χ3v) is 3.78. The lowest BCUT2D eigenvalue weighted by Crippen LogP contribution is -2.33. The van der Waals surface area contributed by atoms with E-state index in [2.05, 4.69) is 18.7 Å². The van der Waals surface area contributed by atoms with Gasteiger partial charge in [-0.05, 0) is 31.7 Å². The Morgan fingerprint density at radius 1 is 1.43 bits per heavy atom. The molecule has 0 aliphatic heterocycles. The van der Waals surface area contributed by atoms with Crippen molar-refractivity contribution in [3.63, 3.8) is 0 Å². The topological polar surface area (TPSA) is 63.5 Å². The van der Waals surface area contributed by atoms with E-state index in [9.17, 15) is 14.9 Å². The predicted octanol–water partition coefficient (Wildman–Crippen LogP) is 3.29. The minimum atomic E-state index is -0.464. The number of nitrogens with zero attached hydrogens (tertiary/aromatic N) is 2. The number of rotatable bonds is 8. The first-order valence-electron chi connectivity index (χ1n) is 7.49. The molecular weight excluding hydrogens is 268 g/mol. The van der Waals surface area contributed by atoms with Gasteiger partial charge in [-0.1, -0.05) is 26.0 Å². The molecule has 0 bridgehead atoms. The Labute approximate surface area is 125 Å². The van der Waals surface area contributed by atoms with Gasteiger partial charge in [-0.3, -0.25) is 19.8 Å². The van der Waals surface area contributed by atoms with Gasteiger partial charge in [-0.25, -0.2) is 0 Å². The second-order valence-electron chi connectivity index (χ2n) is 6.11. The van der Waals surface area contributed by atoms with Gasteiger partial charge in [-0.2, -0.15) is 0 Å². The lowest BCUT2D eigenvalue weighted by atomic mass is 10.1. The van der Waals surface area contributed by atoms with E-state index in [1.165, 1.54) is 12.1 Å². The molecule has 0 spiro atoms. The van der Waals surface area contributed by atoms with E-state index >= 15 is 0 Å². The molecule has 1 aromatic carbocycles. The monoisotopic (exact) mass is 290 g/mol. The summed E-state index contributed by atoms with van der Waals surface area (Å²) in [5.74, 6) is 0.577. The summed E-state index contributed by atoms with van der Waals surface area (Å²) >= 11 is 0. The zero-order valence-electron chi connectivity index (χ0n) is 12.6. The zero-order valence-corrected chi connectivity index (χ0v) is 12.6. The molecule has 0 atom stereocenters. The average molecular weight is 290 g/mol. The fraction of sp³-hybridized carbons (Fsp3) is 0.562. The molecule has 0 saturated heterocycles. The van der Waals surface area contributed by atoms with Crippen molar-refractivity contribution in [2.45, 2.75) is 39.2 Å². The van der Waals surface area contributed by atoms with Crippen molar-refractivity contribution in [3.8, 4) is 0 Å². The number of benzene rings is 1. The lowest BCUT2D eigenvalue weighted by molar-refractivity contribution is -0.384. The molecule has 1 saturated carbocycles. The number of carbonyl (C=O) groups excluding carboxylic acids is 1. The molecule has 1 aromatic rings. The molecule has 114 valence electrons. The minimum Gasteiger partial charge on any atom is -0.293 e. The summed E-state index contributed by atoms with van der Waals surface area (Å²) in [5.41, 5.74) is 0.403. The van der Waals surface area contributed by atoms with Crippen molar-refractivity contribution in [3.05, 3.63) is 39.9 Å². The normalized spacial score (nSPS) is 14.7. The van der Waals surface area contributed by atoms with Gasteiger partial charge in [-0.15, -0.1) is 0 Å². The van der Waals surface area contributed by atoms with Crippen LogP contribution in [0.4, 0.5) is 5.69 Å². The van der Waals surface area contributed by atoms with Crippen LogP contribution in [-0.2, 0) is 0 Å². The number of hydrogen-bond donors (Lipinski definition) is 0. The van der Waals surface area contributed by atoms with Gasteiger partial charge >= 0.3 is 0 Å². The molecule has 2 rings (SSSR count). The first-order chi connectivity index (χ1) is 9.97. The van der Waals surface area contributed by atoms with Crippen LogP contribution in [0.2, 0.25) is 0 Å². The molecule has 0 aromatic heterocycles. The molecule has 1 aliphatic carbocycles. The molecule has 0 radical (unpaired) electrons. The number of nitro benzene ring substituents is 1. The minimum absolute atomic E-state index is 0.0268. The van der Waals surface area contributed by atoms with Gasteiger partial charge in [0.1, 0.15) is 0 Å². The maximum Gasteiger partial charge on any atom is 0.270 e. The highest BCUT2D eigenvalue weighted by molar-refractivity contribution is 5.98. The molecule has 1 aliphatic rings. The molecule has 1 fully saturated rings. The Balaban J connectivity index is 2.01. The summed E-state index contributed by atoms with van der Waals surface area (Å²) in [5, 5.41) is 10.8. The van der Waals surface area contributed by atoms with Crippen molar-refractivity contribution in [1.82, 2.24) is 4.90 Å². The number of ketones is 1. The third kappa shape index (κ3) is 4.63. The van der Waals surface area contributed by atoms with Crippen LogP contribution in [0.3, 0.4) is 0 Å². The molecule has 0 N–H and O–H groups in total. The Kier molecular flexibility index (Phi) is 5.07. The fourth-order valence-corrected chi connectivity index (χ4v) is 2.32. The molecule has 0 unspecified atom stereocenters. The maximum atomic E-state index is 12.3. The molecule has 21 heavy (non-hydrogen) atoms. The molecule has 0 amide bonds. The van der Waals surface area contributed by atoms with Crippen molar-refractivity contribution in [2.75, 3.05) is 13.1 Å². The van der Waals surface area contributed by atoms with Crippen molar-refractivity contribution >= 4 is 11.5 Å². The molecular formula is C16H22N2O3. The summed E-state index contributed by atoms with van der Waals surface area (Å²) in [6.45, 7) is 5.63. The average Bonchev–Trinajstić information content (AvgIpc) is 3.27. The standard InChI is InChI=1S/C16H22N2O3/c1-12(2)8-9-17(14-6-7-14)11-16(19)13-4-3-5-15(10-13)18(20)21/h3-5,10,12,14H,6-9,11H2,1-2H3. The Hall–Kier alpha value is -1.75. The van der Waals surface area contributed by atoms with Crippen molar-refractivity contribution in [1.29, 1.82) is 0 Å². The van der Waals surface area contributed by atoms with Crippen LogP contribution >= 0.6 is 0 Å². The Morgan fingerprint density at radius 2 is 2.14 bits per heavy atom. The van der Waals surface area contributed by atoms with Gasteiger partial charge in [0.2, 0.25) is 0 Å². The number of carbonyl (C=O) groups is 1. The first-order valence-corrected chi connectivity index (χ1v) is 7.49. The number of Topliss-reactive ketones (excluding diaryl/α,β-unsaturated/α-hetero) is 1. The van der Waals surface area contributed by atoms with E-state index in [0.29, 0.717) is 24.1 Å². The van der Waals surface area contributed by atoms with Crippen molar-refractivity contribution in [2.24, 2.45) is 5.92 Å². The van der Waals surface area contributed by atoms with Crippen LogP contribution in [0.1, 0.15) is 43.5 Å². The maximum absolute atomic E-state index is 12.3.